The number of hydrogen-bond donors (Lipinski definition) is 4. The molecular formula is C6H16N4O3. The monoisotopic (exact) mass is 192 g/mol. The van der Waals surface area contributed by atoms with E-state index in [0.717, 1.165) is 5.01 Å². The number of rotatable bonds is 7. The van der Waals surface area contributed by atoms with Gasteiger partial charge in [-0.05, 0) is 0 Å². The Labute approximate surface area is 76.3 Å². The molecule has 0 aliphatic rings. The molecule has 0 aliphatic carbocycles. The molecular weight excluding hydrogens is 176 g/mol. The highest BCUT2D eigenvalue weighted by molar-refractivity contribution is 4.66. The average Bonchev–Trinajstić information content (AvgIpc) is 2.16. The number of hydrogen-bond acceptors (Lipinski definition) is 6. The summed E-state index contributed by atoms with van der Waals surface area (Å²) in [6.07, 6.45) is -1.63. The minimum Gasteiger partial charge on any atom is -0.390 e. The molecule has 0 rings (SSSR count). The van der Waals surface area contributed by atoms with Crippen LogP contribution in [0.5, 0.6) is 0 Å². The first-order chi connectivity index (χ1) is 6.13. The Balaban J connectivity index is 3.81. The quantitative estimate of drug-likeness (QED) is 0.263. The van der Waals surface area contributed by atoms with Gasteiger partial charge in [-0.15, -0.1) is 4.91 Å². The molecule has 0 saturated carbocycles. The lowest BCUT2D eigenvalue weighted by molar-refractivity contribution is 0.0765. The highest BCUT2D eigenvalue weighted by Gasteiger charge is 2.13. The highest BCUT2D eigenvalue weighted by atomic mass is 16.3. The molecule has 0 bridgehead atoms. The molecule has 78 valence electrons. The van der Waals surface area contributed by atoms with Crippen LogP contribution in [0, 0.1) is 4.91 Å². The van der Waals surface area contributed by atoms with Gasteiger partial charge in [-0.3, -0.25) is 5.01 Å². The molecule has 0 aromatic rings. The van der Waals surface area contributed by atoms with Crippen molar-refractivity contribution in [2.75, 3.05) is 26.2 Å². The summed E-state index contributed by atoms with van der Waals surface area (Å²) in [5, 5.41) is 21.7. The Morgan fingerprint density at radius 2 is 1.54 bits per heavy atom. The van der Waals surface area contributed by atoms with Gasteiger partial charge in [0.25, 0.3) is 0 Å². The van der Waals surface area contributed by atoms with Gasteiger partial charge in [0, 0.05) is 13.1 Å². The van der Waals surface area contributed by atoms with Crippen molar-refractivity contribution in [2.45, 2.75) is 12.2 Å². The predicted molar refractivity (Wildman–Crippen MR) is 47.5 cm³/mol. The predicted octanol–water partition coefficient (Wildman–Crippen LogP) is -2.39. The lowest BCUT2D eigenvalue weighted by Crippen LogP contribution is -2.39. The molecule has 0 heterocycles. The minimum absolute atomic E-state index is 0.0110. The van der Waals surface area contributed by atoms with Gasteiger partial charge < -0.3 is 21.7 Å². The lowest BCUT2D eigenvalue weighted by Gasteiger charge is -2.20. The average molecular weight is 192 g/mol. The molecule has 0 aromatic carbocycles. The molecule has 0 saturated heterocycles. The van der Waals surface area contributed by atoms with Crippen LogP contribution in [0.1, 0.15) is 0 Å². The first kappa shape index (κ1) is 12.2. The van der Waals surface area contributed by atoms with Gasteiger partial charge in [0.1, 0.15) is 0 Å². The Morgan fingerprint density at radius 3 is 1.77 bits per heavy atom. The van der Waals surface area contributed by atoms with Crippen LogP contribution in [0.15, 0.2) is 5.29 Å². The number of nitrogens with two attached hydrogens (primary N) is 2. The third kappa shape index (κ3) is 5.47. The fourth-order valence-electron chi connectivity index (χ4n) is 0.777. The van der Waals surface area contributed by atoms with Gasteiger partial charge in [-0.25, -0.2) is 0 Å². The molecule has 0 spiro atoms. The summed E-state index contributed by atoms with van der Waals surface area (Å²) >= 11 is 0. The number of aliphatic hydroxyl groups is 2. The number of aliphatic hydroxyl groups excluding tert-OH is 2. The Kier molecular flexibility index (Phi) is 6.33. The van der Waals surface area contributed by atoms with E-state index < -0.39 is 12.2 Å². The molecule has 0 radical (unpaired) electrons. The zero-order valence-electron chi connectivity index (χ0n) is 7.33. The minimum atomic E-state index is -0.817. The molecule has 0 aliphatic heterocycles. The van der Waals surface area contributed by atoms with E-state index in [-0.39, 0.29) is 26.2 Å². The van der Waals surface area contributed by atoms with Crippen LogP contribution in [0.4, 0.5) is 0 Å². The van der Waals surface area contributed by atoms with Gasteiger partial charge in [0.05, 0.1) is 30.6 Å². The van der Waals surface area contributed by atoms with Crippen LogP contribution in [-0.2, 0) is 0 Å². The number of nitrogens with zero attached hydrogens (tertiary/aromatic N) is 2. The fourth-order valence-corrected chi connectivity index (χ4v) is 0.777. The Hall–Kier alpha value is -0.760. The van der Waals surface area contributed by atoms with Crippen LogP contribution < -0.4 is 11.5 Å². The van der Waals surface area contributed by atoms with E-state index in [4.69, 9.17) is 21.7 Å². The van der Waals surface area contributed by atoms with Crippen LogP contribution in [0.25, 0.3) is 0 Å². The smallest absolute Gasteiger partial charge is 0.0854 e. The maximum absolute atomic E-state index is 10.2. The topological polar surface area (TPSA) is 125 Å². The normalized spacial score (nSPS) is 15.1. The van der Waals surface area contributed by atoms with Crippen molar-refractivity contribution in [3.8, 4) is 0 Å². The van der Waals surface area contributed by atoms with Gasteiger partial charge in [-0.2, -0.15) is 0 Å². The highest BCUT2D eigenvalue weighted by Crippen LogP contribution is 1.94. The fraction of sp³-hybridized carbons (Fsp3) is 1.00. The second kappa shape index (κ2) is 6.72. The van der Waals surface area contributed by atoms with Gasteiger partial charge in [0.15, 0.2) is 0 Å². The summed E-state index contributed by atoms with van der Waals surface area (Å²) < 4.78 is 0. The third-order valence-corrected chi connectivity index (χ3v) is 1.50. The lowest BCUT2D eigenvalue weighted by atomic mass is 10.3. The molecule has 2 unspecified atom stereocenters. The molecule has 13 heavy (non-hydrogen) atoms. The molecule has 2 atom stereocenters. The second-order valence-electron chi connectivity index (χ2n) is 2.73. The Morgan fingerprint density at radius 1 is 1.15 bits per heavy atom. The summed E-state index contributed by atoms with van der Waals surface area (Å²) in [7, 11) is 0. The molecule has 0 aromatic heterocycles. The van der Waals surface area contributed by atoms with E-state index in [1.165, 1.54) is 0 Å². The summed E-state index contributed by atoms with van der Waals surface area (Å²) in [6.45, 7) is 0.115. The largest absolute Gasteiger partial charge is 0.390 e. The second-order valence-corrected chi connectivity index (χ2v) is 2.73. The van der Waals surface area contributed by atoms with E-state index in [9.17, 15) is 4.91 Å². The van der Waals surface area contributed by atoms with Crippen molar-refractivity contribution in [1.82, 2.24) is 5.01 Å². The maximum atomic E-state index is 10.2. The SMILES string of the molecule is NCC(O)CN(CC(O)CN)N=O. The van der Waals surface area contributed by atoms with Crippen molar-refractivity contribution >= 4 is 0 Å². The van der Waals surface area contributed by atoms with Crippen LogP contribution >= 0.6 is 0 Å². The van der Waals surface area contributed by atoms with Gasteiger partial charge in [-0.1, -0.05) is 0 Å². The molecule has 7 nitrogen and oxygen atoms in total. The van der Waals surface area contributed by atoms with E-state index >= 15 is 0 Å². The van der Waals surface area contributed by atoms with Crippen molar-refractivity contribution < 1.29 is 10.2 Å². The maximum Gasteiger partial charge on any atom is 0.0854 e. The first-order valence-corrected chi connectivity index (χ1v) is 3.98. The van der Waals surface area contributed by atoms with E-state index in [2.05, 4.69) is 5.29 Å². The van der Waals surface area contributed by atoms with E-state index in [1.54, 1.807) is 0 Å². The Bertz CT molecular complexity index is 134. The summed E-state index contributed by atoms with van der Waals surface area (Å²) in [5.74, 6) is 0. The van der Waals surface area contributed by atoms with E-state index in [0.29, 0.717) is 0 Å². The van der Waals surface area contributed by atoms with Crippen LogP contribution in [0.3, 0.4) is 0 Å². The summed E-state index contributed by atoms with van der Waals surface area (Å²) in [5.41, 5.74) is 10.3. The zero-order valence-corrected chi connectivity index (χ0v) is 7.33. The summed E-state index contributed by atoms with van der Waals surface area (Å²) in [4.78, 5) is 10.2. The van der Waals surface area contributed by atoms with E-state index in [1.807, 2.05) is 0 Å². The molecule has 0 fully saturated rings. The third-order valence-electron chi connectivity index (χ3n) is 1.50. The molecule has 6 N–H and O–H groups in total. The van der Waals surface area contributed by atoms with Crippen molar-refractivity contribution in [2.24, 2.45) is 16.8 Å². The van der Waals surface area contributed by atoms with Crippen LogP contribution in [-0.4, -0.2) is 53.6 Å². The standard InChI is InChI=1S/C6H16N4O3/c7-1-5(11)3-10(9-13)4-6(12)2-8/h5-6,11-12H,1-4,7-8H2. The summed E-state index contributed by atoms with van der Waals surface area (Å²) in [6, 6.07) is 0. The van der Waals surface area contributed by atoms with Crippen molar-refractivity contribution in [1.29, 1.82) is 0 Å². The number of nitroso groups, excluding NO2 is 1. The van der Waals surface area contributed by atoms with Crippen molar-refractivity contribution in [3.63, 3.8) is 0 Å². The molecule has 0 amide bonds. The first-order valence-electron chi connectivity index (χ1n) is 3.98. The van der Waals surface area contributed by atoms with Crippen molar-refractivity contribution in [3.05, 3.63) is 4.91 Å². The van der Waals surface area contributed by atoms with Crippen LogP contribution in [0.2, 0.25) is 0 Å². The van der Waals surface area contributed by atoms with Gasteiger partial charge >= 0.3 is 0 Å². The van der Waals surface area contributed by atoms with Gasteiger partial charge in [0.2, 0.25) is 0 Å². The molecule has 7 heteroatoms. The zero-order chi connectivity index (χ0) is 10.3.